The molecule has 1 aromatic heterocycles. The lowest BCUT2D eigenvalue weighted by molar-refractivity contribution is -0.117. The van der Waals surface area contributed by atoms with E-state index in [1.54, 1.807) is 17.2 Å². The summed E-state index contributed by atoms with van der Waals surface area (Å²) in [5, 5.41) is 9.46. The molecular formula is C11H15N3O2. The lowest BCUT2D eigenvalue weighted by Crippen LogP contribution is -2.27. The molecule has 1 aliphatic rings. The van der Waals surface area contributed by atoms with Crippen molar-refractivity contribution in [1.82, 2.24) is 4.98 Å². The molecule has 1 saturated heterocycles. The molecule has 0 radical (unpaired) electrons. The van der Waals surface area contributed by atoms with Gasteiger partial charge in [0.15, 0.2) is 5.82 Å². The SMILES string of the molecule is CN(C)c1ncccc1N1CC(O)CC1=O. The quantitative estimate of drug-likeness (QED) is 0.777. The van der Waals surface area contributed by atoms with Crippen LogP contribution in [0.4, 0.5) is 11.5 Å². The molecule has 1 aromatic rings. The van der Waals surface area contributed by atoms with Gasteiger partial charge in [0.25, 0.3) is 0 Å². The fraction of sp³-hybridized carbons (Fsp3) is 0.455. The minimum Gasteiger partial charge on any atom is -0.391 e. The first-order valence-electron chi connectivity index (χ1n) is 5.20. The van der Waals surface area contributed by atoms with Gasteiger partial charge in [0.1, 0.15) is 0 Å². The third-order valence-electron chi connectivity index (χ3n) is 2.59. The predicted octanol–water partition coefficient (Wildman–Crippen LogP) is 0.245. The Bertz CT molecular complexity index is 406. The molecule has 1 aliphatic heterocycles. The summed E-state index contributed by atoms with van der Waals surface area (Å²) in [6.07, 6.45) is 1.32. The van der Waals surface area contributed by atoms with Gasteiger partial charge in [-0.05, 0) is 12.1 Å². The molecule has 1 N–H and O–H groups in total. The number of aliphatic hydroxyl groups excluding tert-OH is 1. The number of anilines is 2. The second-order valence-corrected chi connectivity index (χ2v) is 4.10. The molecule has 86 valence electrons. The zero-order valence-electron chi connectivity index (χ0n) is 9.42. The molecular weight excluding hydrogens is 206 g/mol. The summed E-state index contributed by atoms with van der Waals surface area (Å²) in [5.74, 6) is 0.688. The molecule has 16 heavy (non-hydrogen) atoms. The van der Waals surface area contributed by atoms with Crippen molar-refractivity contribution in [2.45, 2.75) is 12.5 Å². The summed E-state index contributed by atoms with van der Waals surface area (Å²) in [4.78, 5) is 19.4. The maximum Gasteiger partial charge on any atom is 0.229 e. The Balaban J connectivity index is 2.36. The third-order valence-corrected chi connectivity index (χ3v) is 2.59. The van der Waals surface area contributed by atoms with E-state index >= 15 is 0 Å². The van der Waals surface area contributed by atoms with Crippen LogP contribution in [0.5, 0.6) is 0 Å². The Morgan fingerprint density at radius 3 is 2.88 bits per heavy atom. The van der Waals surface area contributed by atoms with Crippen LogP contribution in [0.2, 0.25) is 0 Å². The number of pyridine rings is 1. The van der Waals surface area contributed by atoms with E-state index in [0.717, 1.165) is 11.5 Å². The van der Waals surface area contributed by atoms with E-state index in [9.17, 15) is 9.90 Å². The van der Waals surface area contributed by atoms with Gasteiger partial charge in [-0.25, -0.2) is 4.98 Å². The number of β-amino-alcohol motifs (C(OH)–C–C–N with tert-alkyl or cyclic N) is 1. The fourth-order valence-corrected chi connectivity index (χ4v) is 1.87. The largest absolute Gasteiger partial charge is 0.391 e. The van der Waals surface area contributed by atoms with Crippen LogP contribution in [-0.2, 0) is 4.79 Å². The summed E-state index contributed by atoms with van der Waals surface area (Å²) in [6, 6.07) is 3.64. The molecule has 0 spiro atoms. The van der Waals surface area contributed by atoms with Crippen molar-refractivity contribution < 1.29 is 9.90 Å². The maximum atomic E-state index is 11.7. The van der Waals surface area contributed by atoms with E-state index in [-0.39, 0.29) is 12.3 Å². The minimum atomic E-state index is -0.567. The van der Waals surface area contributed by atoms with E-state index in [1.807, 2.05) is 25.1 Å². The minimum absolute atomic E-state index is 0.0522. The highest BCUT2D eigenvalue weighted by atomic mass is 16.3. The zero-order valence-corrected chi connectivity index (χ0v) is 9.42. The summed E-state index contributed by atoms with van der Waals surface area (Å²) in [6.45, 7) is 0.353. The summed E-state index contributed by atoms with van der Waals surface area (Å²) in [7, 11) is 3.76. The van der Waals surface area contributed by atoms with Crippen LogP contribution < -0.4 is 9.80 Å². The van der Waals surface area contributed by atoms with Crippen LogP contribution >= 0.6 is 0 Å². The van der Waals surface area contributed by atoms with E-state index in [4.69, 9.17) is 0 Å². The second kappa shape index (κ2) is 4.09. The Labute approximate surface area is 94.3 Å². The molecule has 1 atom stereocenters. The number of rotatable bonds is 2. The molecule has 5 nitrogen and oxygen atoms in total. The van der Waals surface area contributed by atoms with E-state index in [2.05, 4.69) is 4.98 Å². The Hall–Kier alpha value is -1.62. The highest BCUT2D eigenvalue weighted by molar-refractivity contribution is 5.98. The lowest BCUT2D eigenvalue weighted by Gasteiger charge is -2.22. The van der Waals surface area contributed by atoms with Crippen molar-refractivity contribution in [1.29, 1.82) is 0 Å². The normalized spacial score (nSPS) is 20.3. The topological polar surface area (TPSA) is 56.7 Å². The van der Waals surface area contributed by atoms with Crippen molar-refractivity contribution in [3.05, 3.63) is 18.3 Å². The second-order valence-electron chi connectivity index (χ2n) is 4.10. The summed E-state index contributed by atoms with van der Waals surface area (Å²) < 4.78 is 0. The van der Waals surface area contributed by atoms with Gasteiger partial charge in [-0.1, -0.05) is 0 Å². The molecule has 5 heteroatoms. The van der Waals surface area contributed by atoms with Gasteiger partial charge < -0.3 is 14.9 Å². The smallest absolute Gasteiger partial charge is 0.229 e. The van der Waals surface area contributed by atoms with Gasteiger partial charge in [-0.15, -0.1) is 0 Å². The van der Waals surface area contributed by atoms with Crippen LogP contribution in [-0.4, -0.2) is 42.7 Å². The van der Waals surface area contributed by atoms with Gasteiger partial charge in [-0.3, -0.25) is 4.79 Å². The molecule has 0 aromatic carbocycles. The number of amides is 1. The van der Waals surface area contributed by atoms with Crippen molar-refractivity contribution in [2.24, 2.45) is 0 Å². The number of nitrogens with zero attached hydrogens (tertiary/aromatic N) is 3. The highest BCUT2D eigenvalue weighted by Crippen LogP contribution is 2.28. The third kappa shape index (κ3) is 1.86. The average Bonchev–Trinajstić information content (AvgIpc) is 2.57. The number of hydrogen-bond acceptors (Lipinski definition) is 4. The van der Waals surface area contributed by atoms with Crippen molar-refractivity contribution in [2.75, 3.05) is 30.4 Å². The molecule has 2 rings (SSSR count). The molecule has 0 aliphatic carbocycles. The van der Waals surface area contributed by atoms with Gasteiger partial charge in [0.05, 0.1) is 24.8 Å². The molecule has 0 saturated carbocycles. The maximum absolute atomic E-state index is 11.7. The van der Waals surface area contributed by atoms with Crippen molar-refractivity contribution in [3.63, 3.8) is 0 Å². The van der Waals surface area contributed by atoms with Crippen LogP contribution in [0.15, 0.2) is 18.3 Å². The first-order valence-corrected chi connectivity index (χ1v) is 5.20. The Kier molecular flexibility index (Phi) is 2.78. The van der Waals surface area contributed by atoms with Gasteiger partial charge >= 0.3 is 0 Å². The van der Waals surface area contributed by atoms with Crippen LogP contribution in [0.1, 0.15) is 6.42 Å². The Morgan fingerprint density at radius 1 is 1.56 bits per heavy atom. The van der Waals surface area contributed by atoms with Crippen LogP contribution in [0.25, 0.3) is 0 Å². The fourth-order valence-electron chi connectivity index (χ4n) is 1.87. The number of hydrogen-bond donors (Lipinski definition) is 1. The number of aliphatic hydroxyl groups is 1. The first kappa shape index (κ1) is 10.9. The zero-order chi connectivity index (χ0) is 11.7. The number of aromatic nitrogens is 1. The molecule has 1 amide bonds. The standard InChI is InChI=1S/C11H15N3O2/c1-13(2)11-9(4-3-5-12-11)14-7-8(15)6-10(14)16/h3-5,8,15H,6-7H2,1-2H3. The lowest BCUT2D eigenvalue weighted by atomic mass is 10.3. The summed E-state index contributed by atoms with van der Waals surface area (Å²) in [5.41, 5.74) is 0.758. The van der Waals surface area contributed by atoms with E-state index < -0.39 is 6.10 Å². The number of carbonyl (C=O) groups excluding carboxylic acids is 1. The van der Waals surface area contributed by atoms with Gasteiger partial charge in [0, 0.05) is 20.3 Å². The molecule has 1 fully saturated rings. The predicted molar refractivity (Wildman–Crippen MR) is 61.5 cm³/mol. The average molecular weight is 221 g/mol. The Morgan fingerprint density at radius 2 is 2.31 bits per heavy atom. The van der Waals surface area contributed by atoms with E-state index in [0.29, 0.717) is 6.54 Å². The highest BCUT2D eigenvalue weighted by Gasteiger charge is 2.30. The van der Waals surface area contributed by atoms with Crippen LogP contribution in [0, 0.1) is 0 Å². The van der Waals surface area contributed by atoms with E-state index in [1.165, 1.54) is 0 Å². The molecule has 1 unspecified atom stereocenters. The summed E-state index contributed by atoms with van der Waals surface area (Å²) >= 11 is 0. The molecule has 2 heterocycles. The van der Waals surface area contributed by atoms with Gasteiger partial charge in [-0.2, -0.15) is 0 Å². The van der Waals surface area contributed by atoms with Gasteiger partial charge in [0.2, 0.25) is 5.91 Å². The number of carbonyl (C=O) groups is 1. The van der Waals surface area contributed by atoms with Crippen LogP contribution in [0.3, 0.4) is 0 Å². The monoisotopic (exact) mass is 221 g/mol. The molecule has 0 bridgehead atoms. The van der Waals surface area contributed by atoms with Crippen molar-refractivity contribution in [3.8, 4) is 0 Å². The first-order chi connectivity index (χ1) is 7.59. The van der Waals surface area contributed by atoms with Crippen molar-refractivity contribution >= 4 is 17.4 Å².